The van der Waals surface area contributed by atoms with E-state index in [2.05, 4.69) is 0 Å². The van der Waals surface area contributed by atoms with Crippen molar-refractivity contribution in [3.63, 3.8) is 0 Å². The smallest absolute Gasteiger partial charge is 0.343 e. The van der Waals surface area contributed by atoms with Gasteiger partial charge in [-0.05, 0) is 55.0 Å². The first-order valence-electron chi connectivity index (χ1n) is 8.71. The summed E-state index contributed by atoms with van der Waals surface area (Å²) in [6.07, 6.45) is 1.29. The van der Waals surface area contributed by atoms with E-state index in [0.717, 1.165) is 5.56 Å². The molecule has 0 radical (unpaired) electrons. The number of rotatable bonds is 5. The number of allylic oxidation sites excluding steroid dienone is 1. The monoisotopic (exact) mass is 403 g/mol. The first-order chi connectivity index (χ1) is 13.9. The maximum absolute atomic E-state index is 12.6. The Bertz CT molecular complexity index is 1210. The van der Waals surface area contributed by atoms with Gasteiger partial charge in [0.05, 0.1) is 10.5 Å². The Hall–Kier alpha value is -3.69. The second kappa shape index (κ2) is 8.55. The molecule has 0 aliphatic rings. The van der Waals surface area contributed by atoms with Crippen LogP contribution in [0.15, 0.2) is 88.7 Å². The molecule has 144 valence electrons. The van der Waals surface area contributed by atoms with Gasteiger partial charge in [-0.3, -0.25) is 0 Å². The molecule has 3 rings (SSSR count). The number of hydrogen-bond donors (Lipinski definition) is 0. The predicted molar refractivity (Wildman–Crippen MR) is 110 cm³/mol. The molecule has 0 fully saturated rings. The second-order valence-electron chi connectivity index (χ2n) is 6.26. The van der Waals surface area contributed by atoms with Crippen molar-refractivity contribution in [1.29, 1.82) is 5.26 Å². The summed E-state index contributed by atoms with van der Waals surface area (Å²) in [6.45, 7) is 1.88. The summed E-state index contributed by atoms with van der Waals surface area (Å²) in [5.74, 6) is -0.167. The van der Waals surface area contributed by atoms with E-state index in [1.807, 2.05) is 13.0 Å². The highest BCUT2D eigenvalue weighted by atomic mass is 32.2. The Morgan fingerprint density at radius 2 is 1.66 bits per heavy atom. The molecule has 0 N–H and O–H groups in total. The molecule has 0 saturated carbocycles. The molecule has 0 atom stereocenters. The van der Waals surface area contributed by atoms with E-state index in [1.54, 1.807) is 66.7 Å². The van der Waals surface area contributed by atoms with Crippen LogP contribution < -0.4 is 4.74 Å². The molecular formula is C23H17NO4S. The topological polar surface area (TPSA) is 84.2 Å². The molecule has 0 spiro atoms. The van der Waals surface area contributed by atoms with Crippen molar-refractivity contribution in [1.82, 2.24) is 0 Å². The Morgan fingerprint density at radius 1 is 0.966 bits per heavy atom. The zero-order chi connectivity index (χ0) is 20.9. The lowest BCUT2D eigenvalue weighted by Gasteiger charge is -2.06. The van der Waals surface area contributed by atoms with Crippen LogP contribution in [0, 0.1) is 18.3 Å². The summed E-state index contributed by atoms with van der Waals surface area (Å²) < 4.78 is 30.5. The molecule has 29 heavy (non-hydrogen) atoms. The van der Waals surface area contributed by atoms with Crippen LogP contribution in [-0.2, 0) is 9.84 Å². The lowest BCUT2D eigenvalue weighted by molar-refractivity contribution is 0.0734. The third-order valence-electron chi connectivity index (χ3n) is 4.10. The minimum absolute atomic E-state index is 0.0523. The van der Waals surface area contributed by atoms with Gasteiger partial charge in [0.2, 0.25) is 9.84 Å². The number of esters is 1. The highest BCUT2D eigenvalue weighted by Gasteiger charge is 2.20. The van der Waals surface area contributed by atoms with Crippen LogP contribution in [0.2, 0.25) is 0 Å². The number of hydrogen-bond acceptors (Lipinski definition) is 5. The minimum atomic E-state index is -3.90. The molecule has 6 heteroatoms. The zero-order valence-electron chi connectivity index (χ0n) is 15.6. The fraction of sp³-hybridized carbons (Fsp3) is 0.0435. The molecule has 5 nitrogen and oxygen atoms in total. The summed E-state index contributed by atoms with van der Waals surface area (Å²) in [5, 5.41) is 9.34. The van der Waals surface area contributed by atoms with Crippen LogP contribution >= 0.6 is 0 Å². The SMILES string of the molecule is Cc1cccc(C(=O)Oc2ccc(/C=C(/C#N)S(=O)(=O)c3ccccc3)cc2)c1. The van der Waals surface area contributed by atoms with Gasteiger partial charge in [-0.25, -0.2) is 13.2 Å². The molecule has 0 unspecified atom stereocenters. The number of aryl methyl sites for hydroxylation is 1. The Kier molecular flexibility index (Phi) is 5.91. The fourth-order valence-corrected chi connectivity index (χ4v) is 3.80. The van der Waals surface area contributed by atoms with Crippen LogP contribution in [0.5, 0.6) is 5.75 Å². The van der Waals surface area contributed by atoms with Gasteiger partial charge >= 0.3 is 5.97 Å². The molecule has 3 aromatic carbocycles. The quantitative estimate of drug-likeness (QED) is 0.354. The lowest BCUT2D eigenvalue weighted by Crippen LogP contribution is -2.08. The van der Waals surface area contributed by atoms with Gasteiger partial charge in [0, 0.05) is 0 Å². The van der Waals surface area contributed by atoms with Crippen molar-refractivity contribution >= 4 is 21.9 Å². The summed E-state index contributed by atoms with van der Waals surface area (Å²) in [5.41, 5.74) is 1.88. The Balaban J connectivity index is 1.80. The second-order valence-corrected chi connectivity index (χ2v) is 8.18. The molecule has 0 heterocycles. The van der Waals surface area contributed by atoms with E-state index in [4.69, 9.17) is 4.74 Å². The van der Waals surface area contributed by atoms with Crippen LogP contribution in [0.25, 0.3) is 6.08 Å². The maximum Gasteiger partial charge on any atom is 0.343 e. The van der Waals surface area contributed by atoms with E-state index in [-0.39, 0.29) is 9.80 Å². The van der Waals surface area contributed by atoms with Crippen molar-refractivity contribution in [2.24, 2.45) is 0 Å². The van der Waals surface area contributed by atoms with Gasteiger partial charge in [0.1, 0.15) is 16.7 Å². The standard InChI is InChI=1S/C23H17NO4S/c1-17-6-5-7-19(14-17)23(25)28-20-12-10-18(11-13-20)15-22(16-24)29(26,27)21-8-3-2-4-9-21/h2-15H,1H3/b22-15-. The van der Waals surface area contributed by atoms with Gasteiger partial charge in [-0.1, -0.05) is 48.0 Å². The number of carbonyl (C=O) groups excluding carboxylic acids is 1. The maximum atomic E-state index is 12.6. The van der Waals surface area contributed by atoms with Crippen molar-refractivity contribution in [2.75, 3.05) is 0 Å². The summed E-state index contributed by atoms with van der Waals surface area (Å²) in [4.78, 5) is 11.9. The largest absolute Gasteiger partial charge is 0.423 e. The molecule has 0 amide bonds. The first-order valence-corrected chi connectivity index (χ1v) is 10.2. The summed E-state index contributed by atoms with van der Waals surface area (Å²) in [6, 6.07) is 22.8. The molecule has 3 aromatic rings. The van der Waals surface area contributed by atoms with Crippen LogP contribution in [0.1, 0.15) is 21.5 Å². The molecule has 0 aromatic heterocycles. The lowest BCUT2D eigenvalue weighted by atomic mass is 10.1. The number of nitriles is 1. The average Bonchev–Trinajstić information content (AvgIpc) is 2.73. The van der Waals surface area contributed by atoms with Crippen LogP contribution in [0.4, 0.5) is 0 Å². The van der Waals surface area contributed by atoms with Crippen LogP contribution in [-0.4, -0.2) is 14.4 Å². The fourth-order valence-electron chi connectivity index (χ4n) is 2.62. The van der Waals surface area contributed by atoms with E-state index >= 15 is 0 Å². The minimum Gasteiger partial charge on any atom is -0.423 e. The van der Waals surface area contributed by atoms with Crippen molar-refractivity contribution in [2.45, 2.75) is 11.8 Å². The van der Waals surface area contributed by atoms with E-state index in [0.29, 0.717) is 16.9 Å². The van der Waals surface area contributed by atoms with Crippen molar-refractivity contribution in [3.8, 4) is 11.8 Å². The van der Waals surface area contributed by atoms with Gasteiger partial charge in [0.25, 0.3) is 0 Å². The molecule has 0 saturated heterocycles. The highest BCUT2D eigenvalue weighted by molar-refractivity contribution is 7.95. The van der Waals surface area contributed by atoms with Crippen molar-refractivity contribution in [3.05, 3.63) is 100 Å². The Morgan fingerprint density at radius 3 is 2.28 bits per heavy atom. The van der Waals surface area contributed by atoms with Crippen molar-refractivity contribution < 1.29 is 17.9 Å². The number of benzene rings is 3. The molecule has 0 aliphatic carbocycles. The predicted octanol–water partition coefficient (Wildman–Crippen LogP) is 4.55. The average molecular weight is 403 g/mol. The first kappa shape index (κ1) is 20.1. The van der Waals surface area contributed by atoms with Gasteiger partial charge in [0.15, 0.2) is 0 Å². The summed E-state index contributed by atoms with van der Waals surface area (Å²) >= 11 is 0. The number of sulfone groups is 1. The summed E-state index contributed by atoms with van der Waals surface area (Å²) in [7, 11) is -3.90. The third-order valence-corrected chi connectivity index (χ3v) is 5.78. The van der Waals surface area contributed by atoms with Gasteiger partial charge < -0.3 is 4.74 Å². The molecular weight excluding hydrogens is 386 g/mol. The normalized spacial score (nSPS) is 11.5. The van der Waals surface area contributed by atoms with Gasteiger partial charge in [-0.2, -0.15) is 5.26 Å². The Labute approximate surface area is 169 Å². The molecule has 0 aliphatic heterocycles. The van der Waals surface area contributed by atoms with E-state index in [9.17, 15) is 18.5 Å². The van der Waals surface area contributed by atoms with E-state index in [1.165, 1.54) is 18.2 Å². The third kappa shape index (κ3) is 4.78. The number of carbonyl (C=O) groups is 1. The zero-order valence-corrected chi connectivity index (χ0v) is 16.4. The highest BCUT2D eigenvalue weighted by Crippen LogP contribution is 2.22. The van der Waals surface area contributed by atoms with Crippen LogP contribution in [0.3, 0.4) is 0 Å². The van der Waals surface area contributed by atoms with Gasteiger partial charge in [-0.15, -0.1) is 0 Å². The van der Waals surface area contributed by atoms with E-state index < -0.39 is 15.8 Å². The number of ether oxygens (including phenoxy) is 1. The molecule has 0 bridgehead atoms. The number of nitrogens with zero attached hydrogens (tertiary/aromatic N) is 1.